The molecule has 0 fully saturated rings. The fraction of sp³-hybridized carbons (Fsp3) is 0.333. The van der Waals surface area contributed by atoms with Crippen LogP contribution >= 0.6 is 0 Å². The first-order valence-corrected chi connectivity index (χ1v) is 17.4. The van der Waals surface area contributed by atoms with Gasteiger partial charge in [0.05, 0.1) is 0 Å². The van der Waals surface area contributed by atoms with E-state index in [1.165, 1.54) is 46.2 Å². The summed E-state index contributed by atoms with van der Waals surface area (Å²) in [6, 6.07) is 54.7. The minimum Gasteiger partial charge on any atom is -0.0648 e. The fourth-order valence-corrected chi connectivity index (χ4v) is 7.22. The van der Waals surface area contributed by atoms with Gasteiger partial charge in [-0.2, -0.15) is 0 Å². The molecule has 0 heterocycles. The van der Waals surface area contributed by atoms with E-state index in [0.29, 0.717) is 29.6 Å². The molecule has 5 atom stereocenters. The van der Waals surface area contributed by atoms with E-state index < -0.39 is 0 Å². The molecule has 0 heteroatoms. The van der Waals surface area contributed by atoms with Crippen molar-refractivity contribution in [1.29, 1.82) is 0 Å². The van der Waals surface area contributed by atoms with Gasteiger partial charge in [0.1, 0.15) is 0 Å². The largest absolute Gasteiger partial charge is 0.0648 e. The second kappa shape index (κ2) is 17.0. The van der Waals surface area contributed by atoms with E-state index in [2.05, 4.69) is 166 Å². The van der Waals surface area contributed by atoms with Crippen molar-refractivity contribution in [3.63, 3.8) is 0 Å². The Kier molecular flexibility index (Phi) is 12.3. The van der Waals surface area contributed by atoms with E-state index in [4.69, 9.17) is 0 Å². The predicted molar refractivity (Wildman–Crippen MR) is 194 cm³/mol. The van der Waals surface area contributed by atoms with E-state index in [1.54, 1.807) is 0 Å². The van der Waals surface area contributed by atoms with Crippen LogP contribution in [0.5, 0.6) is 0 Å². The third kappa shape index (κ3) is 9.30. The lowest BCUT2D eigenvalue weighted by Gasteiger charge is -2.30. The molecule has 0 aliphatic rings. The monoisotopic (exact) mass is 592 g/mol. The number of benzene rings is 5. The summed E-state index contributed by atoms with van der Waals surface area (Å²) in [5.74, 6) is 2.64. The molecule has 0 saturated carbocycles. The molecular weight excluding hydrogens is 540 g/mol. The van der Waals surface area contributed by atoms with Crippen LogP contribution in [0.25, 0.3) is 0 Å². The normalized spacial score (nSPS) is 14.7. The Balaban J connectivity index is 1.43. The minimum absolute atomic E-state index is 0.475. The van der Waals surface area contributed by atoms with E-state index in [9.17, 15) is 0 Å². The Bertz CT molecular complexity index is 1490. The van der Waals surface area contributed by atoms with E-state index >= 15 is 0 Å². The highest BCUT2D eigenvalue weighted by Gasteiger charge is 2.26. The highest BCUT2D eigenvalue weighted by molar-refractivity contribution is 5.29. The zero-order valence-corrected chi connectivity index (χ0v) is 27.7. The molecule has 45 heavy (non-hydrogen) atoms. The zero-order valence-electron chi connectivity index (χ0n) is 27.7. The summed E-state index contributed by atoms with van der Waals surface area (Å²) >= 11 is 0. The van der Waals surface area contributed by atoms with Crippen molar-refractivity contribution in [3.8, 4) is 0 Å². The SMILES string of the molecule is CCC(C)c1ccc(CCC(CC(CC(CC(CC)c2ccccc2)c2ccccc2)c2ccccc2)c2ccccc2)cc1. The van der Waals surface area contributed by atoms with Gasteiger partial charge in [-0.15, -0.1) is 0 Å². The summed E-state index contributed by atoms with van der Waals surface area (Å²) < 4.78 is 0. The predicted octanol–water partition coefficient (Wildman–Crippen LogP) is 12.8. The Morgan fingerprint density at radius 3 is 1.18 bits per heavy atom. The van der Waals surface area contributed by atoms with Gasteiger partial charge in [0.15, 0.2) is 0 Å². The maximum atomic E-state index is 2.37. The standard InChI is InChI=1S/C45H52/c1-4-35(3)38-29-26-36(27-30-38)28-31-43(40-20-12-7-13-21-40)33-45(42-24-16-9-17-25-42)34-44(41-22-14-8-15-23-41)32-37(5-2)39-18-10-6-11-19-39/h6-27,29-30,35,37,43-45H,4-5,28,31-34H2,1-3H3. The van der Waals surface area contributed by atoms with E-state index in [1.807, 2.05) is 0 Å². The second-order valence-corrected chi connectivity index (χ2v) is 13.1. The number of aryl methyl sites for hydroxylation is 1. The first-order valence-electron chi connectivity index (χ1n) is 17.4. The molecule has 0 spiro atoms. The van der Waals surface area contributed by atoms with Crippen LogP contribution in [0, 0.1) is 0 Å². The Hall–Kier alpha value is -3.90. The maximum absolute atomic E-state index is 2.37. The number of rotatable bonds is 16. The second-order valence-electron chi connectivity index (χ2n) is 13.1. The molecule has 0 aromatic heterocycles. The lowest BCUT2D eigenvalue weighted by atomic mass is 9.74. The molecule has 5 aromatic rings. The van der Waals surface area contributed by atoms with Crippen molar-refractivity contribution in [2.45, 2.75) is 95.3 Å². The van der Waals surface area contributed by atoms with Crippen LogP contribution in [0.2, 0.25) is 0 Å². The highest BCUT2D eigenvalue weighted by atomic mass is 14.3. The van der Waals surface area contributed by atoms with Gasteiger partial charge in [-0.05, 0) is 108 Å². The minimum atomic E-state index is 0.475. The van der Waals surface area contributed by atoms with Crippen LogP contribution in [0.1, 0.15) is 122 Å². The summed E-state index contributed by atoms with van der Waals surface area (Å²) in [7, 11) is 0. The molecule has 0 radical (unpaired) electrons. The molecule has 5 rings (SSSR count). The van der Waals surface area contributed by atoms with Crippen LogP contribution in [-0.2, 0) is 6.42 Å². The quantitative estimate of drug-likeness (QED) is 0.107. The van der Waals surface area contributed by atoms with Gasteiger partial charge in [-0.3, -0.25) is 0 Å². The van der Waals surface area contributed by atoms with Crippen molar-refractivity contribution in [2.24, 2.45) is 0 Å². The molecule has 0 bridgehead atoms. The van der Waals surface area contributed by atoms with Gasteiger partial charge in [0, 0.05) is 0 Å². The highest BCUT2D eigenvalue weighted by Crippen LogP contribution is 2.43. The van der Waals surface area contributed by atoms with Crippen molar-refractivity contribution in [3.05, 3.63) is 179 Å². The van der Waals surface area contributed by atoms with Crippen molar-refractivity contribution >= 4 is 0 Å². The number of hydrogen-bond donors (Lipinski definition) is 0. The Labute approximate surface area is 273 Å². The maximum Gasteiger partial charge on any atom is -0.0150 e. The van der Waals surface area contributed by atoms with Gasteiger partial charge >= 0.3 is 0 Å². The summed E-state index contributed by atoms with van der Waals surface area (Å²) in [5, 5.41) is 0. The lowest BCUT2D eigenvalue weighted by Crippen LogP contribution is -2.14. The molecule has 5 unspecified atom stereocenters. The number of hydrogen-bond acceptors (Lipinski definition) is 0. The van der Waals surface area contributed by atoms with Crippen molar-refractivity contribution < 1.29 is 0 Å². The van der Waals surface area contributed by atoms with Crippen molar-refractivity contribution in [2.75, 3.05) is 0 Å². The van der Waals surface area contributed by atoms with E-state index in [-0.39, 0.29) is 0 Å². The third-order valence-corrected chi connectivity index (χ3v) is 10.2. The van der Waals surface area contributed by atoms with Crippen LogP contribution in [-0.4, -0.2) is 0 Å². The molecule has 5 aromatic carbocycles. The third-order valence-electron chi connectivity index (χ3n) is 10.2. The molecule has 0 saturated heterocycles. The Morgan fingerprint density at radius 2 is 0.756 bits per heavy atom. The smallest absolute Gasteiger partial charge is 0.0150 e. The summed E-state index contributed by atoms with van der Waals surface area (Å²) in [6.45, 7) is 6.96. The van der Waals surface area contributed by atoms with Crippen LogP contribution in [0.4, 0.5) is 0 Å². The van der Waals surface area contributed by atoms with Crippen molar-refractivity contribution in [1.82, 2.24) is 0 Å². The molecule has 0 aliphatic heterocycles. The molecule has 0 aliphatic carbocycles. The molecule has 0 nitrogen and oxygen atoms in total. The van der Waals surface area contributed by atoms with Crippen LogP contribution in [0.3, 0.4) is 0 Å². The van der Waals surface area contributed by atoms with Crippen LogP contribution < -0.4 is 0 Å². The first kappa shape index (κ1) is 32.5. The summed E-state index contributed by atoms with van der Waals surface area (Å²) in [6.07, 6.45) is 8.10. The van der Waals surface area contributed by atoms with Gasteiger partial charge in [0.25, 0.3) is 0 Å². The molecule has 0 N–H and O–H groups in total. The zero-order chi connectivity index (χ0) is 31.3. The summed E-state index contributed by atoms with van der Waals surface area (Å²) in [4.78, 5) is 0. The molecular formula is C45H52. The molecule has 232 valence electrons. The average molecular weight is 593 g/mol. The first-order chi connectivity index (χ1) is 22.1. The van der Waals surface area contributed by atoms with Gasteiger partial charge in [-0.1, -0.05) is 166 Å². The summed E-state index contributed by atoms with van der Waals surface area (Å²) in [5.41, 5.74) is 8.81. The van der Waals surface area contributed by atoms with Gasteiger partial charge < -0.3 is 0 Å². The molecule has 0 amide bonds. The van der Waals surface area contributed by atoms with Gasteiger partial charge in [-0.25, -0.2) is 0 Å². The average Bonchev–Trinajstić information content (AvgIpc) is 3.12. The fourth-order valence-electron chi connectivity index (χ4n) is 7.22. The lowest BCUT2D eigenvalue weighted by molar-refractivity contribution is 0.415. The van der Waals surface area contributed by atoms with Crippen LogP contribution in [0.15, 0.2) is 146 Å². The Morgan fingerprint density at radius 1 is 0.378 bits per heavy atom. The van der Waals surface area contributed by atoms with E-state index in [0.717, 1.165) is 32.1 Å². The topological polar surface area (TPSA) is 0 Å². The van der Waals surface area contributed by atoms with Gasteiger partial charge in [0.2, 0.25) is 0 Å².